The standard InChI is InChI=1S/C22H24Cl2N4O2/c1-4-12-28(22(30)26-19-11-10-15(23)13-17(19)24)14(3)20-25-18-9-7-6-8-16(18)21(29)27(20)5-2/h6-11,13-14H,4-5,12H2,1-3H3,(H,26,30). The Labute approximate surface area is 185 Å². The summed E-state index contributed by atoms with van der Waals surface area (Å²) in [6, 6.07) is 11.4. The van der Waals surface area contributed by atoms with Gasteiger partial charge in [0.25, 0.3) is 5.56 Å². The minimum absolute atomic E-state index is 0.109. The lowest BCUT2D eigenvalue weighted by atomic mass is 10.2. The number of anilines is 1. The second kappa shape index (κ2) is 9.49. The topological polar surface area (TPSA) is 67.2 Å². The summed E-state index contributed by atoms with van der Waals surface area (Å²) in [5.41, 5.74) is 0.980. The second-order valence-corrected chi connectivity index (χ2v) is 7.80. The van der Waals surface area contributed by atoms with E-state index in [0.717, 1.165) is 6.42 Å². The number of para-hydroxylation sites is 1. The molecule has 1 aromatic heterocycles. The third kappa shape index (κ3) is 4.45. The van der Waals surface area contributed by atoms with Crippen LogP contribution in [0.1, 0.15) is 39.1 Å². The maximum absolute atomic E-state index is 13.1. The van der Waals surface area contributed by atoms with Crippen molar-refractivity contribution < 1.29 is 4.79 Å². The monoisotopic (exact) mass is 446 g/mol. The van der Waals surface area contributed by atoms with Crippen molar-refractivity contribution in [2.45, 2.75) is 39.8 Å². The van der Waals surface area contributed by atoms with Crippen LogP contribution in [0.4, 0.5) is 10.5 Å². The summed E-state index contributed by atoms with van der Waals surface area (Å²) < 4.78 is 1.62. The van der Waals surface area contributed by atoms with Gasteiger partial charge in [-0.3, -0.25) is 9.36 Å². The number of hydrogen-bond acceptors (Lipinski definition) is 3. The molecule has 0 bridgehead atoms. The predicted molar refractivity (Wildman–Crippen MR) is 123 cm³/mol. The lowest BCUT2D eigenvalue weighted by Crippen LogP contribution is -2.40. The second-order valence-electron chi connectivity index (χ2n) is 6.96. The van der Waals surface area contributed by atoms with Crippen molar-refractivity contribution in [1.82, 2.24) is 14.5 Å². The van der Waals surface area contributed by atoms with Crippen LogP contribution in [0.25, 0.3) is 10.9 Å². The minimum atomic E-state index is -0.423. The van der Waals surface area contributed by atoms with E-state index in [0.29, 0.717) is 45.5 Å². The zero-order valence-electron chi connectivity index (χ0n) is 17.2. The summed E-state index contributed by atoms with van der Waals surface area (Å²) in [6.45, 7) is 6.71. The lowest BCUT2D eigenvalue weighted by Gasteiger charge is -2.30. The largest absolute Gasteiger partial charge is 0.322 e. The highest BCUT2D eigenvalue weighted by Crippen LogP contribution is 2.27. The SMILES string of the molecule is CCCN(C(=O)Nc1ccc(Cl)cc1Cl)C(C)c1nc2ccccc2c(=O)n1CC. The highest BCUT2D eigenvalue weighted by Gasteiger charge is 2.26. The van der Waals surface area contributed by atoms with Gasteiger partial charge in [0.15, 0.2) is 0 Å². The summed E-state index contributed by atoms with van der Waals surface area (Å²) >= 11 is 12.2. The molecule has 0 aliphatic heterocycles. The molecule has 0 radical (unpaired) electrons. The summed E-state index contributed by atoms with van der Waals surface area (Å²) in [4.78, 5) is 32.5. The molecule has 0 saturated heterocycles. The van der Waals surface area contributed by atoms with Gasteiger partial charge in [-0.05, 0) is 50.6 Å². The zero-order valence-corrected chi connectivity index (χ0v) is 18.7. The summed E-state index contributed by atoms with van der Waals surface area (Å²) in [5, 5.41) is 4.25. The van der Waals surface area contributed by atoms with E-state index in [1.165, 1.54) is 0 Å². The Morgan fingerprint density at radius 1 is 1.20 bits per heavy atom. The van der Waals surface area contributed by atoms with Gasteiger partial charge in [0.2, 0.25) is 0 Å². The summed E-state index contributed by atoms with van der Waals surface area (Å²) in [5.74, 6) is 0.548. The molecule has 8 heteroatoms. The molecular formula is C22H24Cl2N4O2. The molecular weight excluding hydrogens is 423 g/mol. The molecule has 0 aliphatic carbocycles. The van der Waals surface area contributed by atoms with E-state index in [4.69, 9.17) is 28.2 Å². The van der Waals surface area contributed by atoms with Gasteiger partial charge in [-0.15, -0.1) is 0 Å². The Kier molecular flexibility index (Phi) is 7.00. The number of fused-ring (bicyclic) bond motifs is 1. The maximum Gasteiger partial charge on any atom is 0.322 e. The average molecular weight is 447 g/mol. The fraction of sp³-hybridized carbons (Fsp3) is 0.318. The number of benzene rings is 2. The van der Waals surface area contributed by atoms with Crippen molar-refractivity contribution >= 4 is 45.8 Å². The molecule has 1 atom stereocenters. The highest BCUT2D eigenvalue weighted by molar-refractivity contribution is 6.36. The highest BCUT2D eigenvalue weighted by atomic mass is 35.5. The first kappa shape index (κ1) is 22.1. The number of hydrogen-bond donors (Lipinski definition) is 1. The Morgan fingerprint density at radius 3 is 2.60 bits per heavy atom. The fourth-order valence-electron chi connectivity index (χ4n) is 3.44. The van der Waals surface area contributed by atoms with Crippen LogP contribution in [0.15, 0.2) is 47.3 Å². The van der Waals surface area contributed by atoms with Crippen LogP contribution in [0, 0.1) is 0 Å². The van der Waals surface area contributed by atoms with Crippen LogP contribution >= 0.6 is 23.2 Å². The van der Waals surface area contributed by atoms with Crippen LogP contribution < -0.4 is 10.9 Å². The lowest BCUT2D eigenvalue weighted by molar-refractivity contribution is 0.188. The Bertz CT molecular complexity index is 1130. The summed E-state index contributed by atoms with van der Waals surface area (Å²) in [7, 11) is 0. The number of nitrogens with zero attached hydrogens (tertiary/aromatic N) is 3. The predicted octanol–water partition coefficient (Wildman–Crippen LogP) is 5.73. The van der Waals surface area contributed by atoms with Gasteiger partial charge in [-0.2, -0.15) is 0 Å². The molecule has 1 heterocycles. The Balaban J connectivity index is 2.00. The molecule has 30 heavy (non-hydrogen) atoms. The van der Waals surface area contributed by atoms with Crippen molar-refractivity contribution in [2.75, 3.05) is 11.9 Å². The van der Waals surface area contributed by atoms with Crippen LogP contribution in [0.5, 0.6) is 0 Å². The molecule has 1 unspecified atom stereocenters. The van der Waals surface area contributed by atoms with Crippen molar-refractivity contribution in [3.8, 4) is 0 Å². The third-order valence-electron chi connectivity index (χ3n) is 4.95. The van der Waals surface area contributed by atoms with E-state index in [2.05, 4.69) is 5.32 Å². The van der Waals surface area contributed by atoms with E-state index >= 15 is 0 Å². The van der Waals surface area contributed by atoms with Gasteiger partial charge in [0.1, 0.15) is 5.82 Å². The van der Waals surface area contributed by atoms with Crippen LogP contribution in [-0.4, -0.2) is 27.0 Å². The molecule has 2 aromatic carbocycles. The van der Waals surface area contributed by atoms with E-state index in [-0.39, 0.29) is 11.6 Å². The van der Waals surface area contributed by atoms with Crippen molar-refractivity contribution in [3.05, 3.63) is 68.7 Å². The zero-order chi connectivity index (χ0) is 21.8. The molecule has 0 saturated carbocycles. The van der Waals surface area contributed by atoms with Gasteiger partial charge < -0.3 is 10.2 Å². The first-order valence-electron chi connectivity index (χ1n) is 9.89. The third-order valence-corrected chi connectivity index (χ3v) is 5.49. The number of urea groups is 1. The fourth-order valence-corrected chi connectivity index (χ4v) is 3.89. The first-order valence-corrected chi connectivity index (χ1v) is 10.6. The normalized spacial score (nSPS) is 12.0. The van der Waals surface area contributed by atoms with Gasteiger partial charge in [-0.25, -0.2) is 9.78 Å². The Hall–Kier alpha value is -2.57. The molecule has 3 rings (SSSR count). The minimum Gasteiger partial charge on any atom is -0.315 e. The smallest absolute Gasteiger partial charge is 0.315 e. The molecule has 158 valence electrons. The molecule has 6 nitrogen and oxygen atoms in total. The van der Waals surface area contributed by atoms with E-state index in [1.54, 1.807) is 33.7 Å². The van der Waals surface area contributed by atoms with E-state index in [1.807, 2.05) is 39.0 Å². The Morgan fingerprint density at radius 2 is 1.93 bits per heavy atom. The van der Waals surface area contributed by atoms with Gasteiger partial charge >= 0.3 is 6.03 Å². The number of halogens is 2. The molecule has 0 spiro atoms. The van der Waals surface area contributed by atoms with Gasteiger partial charge in [-0.1, -0.05) is 42.3 Å². The molecule has 0 aliphatic rings. The molecule has 3 aromatic rings. The van der Waals surface area contributed by atoms with Crippen molar-refractivity contribution in [1.29, 1.82) is 0 Å². The van der Waals surface area contributed by atoms with E-state index in [9.17, 15) is 9.59 Å². The average Bonchev–Trinajstić information content (AvgIpc) is 2.73. The number of nitrogens with one attached hydrogen (secondary N) is 1. The number of carbonyl (C=O) groups excluding carboxylic acids is 1. The van der Waals surface area contributed by atoms with Crippen molar-refractivity contribution in [2.24, 2.45) is 0 Å². The van der Waals surface area contributed by atoms with Crippen molar-refractivity contribution in [3.63, 3.8) is 0 Å². The van der Waals surface area contributed by atoms with Gasteiger partial charge in [0.05, 0.1) is 27.7 Å². The molecule has 1 N–H and O–H groups in total. The number of aromatic nitrogens is 2. The summed E-state index contributed by atoms with van der Waals surface area (Å²) in [6.07, 6.45) is 0.746. The number of amides is 2. The van der Waals surface area contributed by atoms with Crippen LogP contribution in [0.2, 0.25) is 10.0 Å². The number of carbonyl (C=O) groups is 1. The van der Waals surface area contributed by atoms with Gasteiger partial charge in [0, 0.05) is 18.1 Å². The number of rotatable bonds is 6. The maximum atomic E-state index is 13.1. The molecule has 0 fully saturated rings. The first-order chi connectivity index (χ1) is 14.4. The van der Waals surface area contributed by atoms with Crippen LogP contribution in [0.3, 0.4) is 0 Å². The van der Waals surface area contributed by atoms with E-state index < -0.39 is 6.04 Å². The van der Waals surface area contributed by atoms with Crippen LogP contribution in [-0.2, 0) is 6.54 Å². The molecule has 2 amide bonds. The quantitative estimate of drug-likeness (QED) is 0.525.